The molecule has 1 N–H and O–H groups in total. The van der Waals surface area contributed by atoms with Gasteiger partial charge in [-0.25, -0.2) is 0 Å². The van der Waals surface area contributed by atoms with Crippen LogP contribution in [0.4, 0.5) is 0 Å². The first-order valence-corrected chi connectivity index (χ1v) is 5.89. The third-order valence-electron chi connectivity index (χ3n) is 2.50. The van der Waals surface area contributed by atoms with E-state index in [4.69, 9.17) is 18.9 Å². The second kappa shape index (κ2) is 7.19. The van der Waals surface area contributed by atoms with Crippen LogP contribution in [-0.4, -0.2) is 56.1 Å². The van der Waals surface area contributed by atoms with Crippen LogP contribution < -0.4 is 0 Å². The van der Waals surface area contributed by atoms with Crippen LogP contribution in [-0.2, 0) is 18.9 Å². The predicted octanol–water partition coefficient (Wildman–Crippen LogP) is 0.550. The van der Waals surface area contributed by atoms with E-state index in [9.17, 15) is 5.11 Å². The van der Waals surface area contributed by atoms with E-state index in [1.54, 1.807) is 0 Å². The van der Waals surface area contributed by atoms with Gasteiger partial charge in [0.15, 0.2) is 6.29 Å². The lowest BCUT2D eigenvalue weighted by Gasteiger charge is -2.39. The quantitative estimate of drug-likeness (QED) is 0.727. The molecule has 0 spiro atoms. The second-order valence-corrected chi connectivity index (χ2v) is 3.56. The Kier molecular flexibility index (Phi) is 6.23. The van der Waals surface area contributed by atoms with E-state index >= 15 is 0 Å². The van der Waals surface area contributed by atoms with E-state index in [1.165, 1.54) is 0 Å². The highest BCUT2D eigenvalue weighted by Crippen LogP contribution is 2.22. The SMILES string of the molecule is CCO[C@@H]1[C@@H](OCC)[C@H](OCC)CO[C@@H]1O. The van der Waals surface area contributed by atoms with Gasteiger partial charge in [0.2, 0.25) is 0 Å². The Hall–Kier alpha value is -0.200. The maximum absolute atomic E-state index is 9.70. The summed E-state index contributed by atoms with van der Waals surface area (Å²) in [4.78, 5) is 0. The summed E-state index contributed by atoms with van der Waals surface area (Å²) < 4.78 is 21.8. The maximum Gasteiger partial charge on any atom is 0.183 e. The molecule has 1 saturated heterocycles. The molecular formula is C11H22O5. The molecule has 0 unspecified atom stereocenters. The van der Waals surface area contributed by atoms with Crippen LogP contribution in [0.25, 0.3) is 0 Å². The molecule has 1 heterocycles. The summed E-state index contributed by atoms with van der Waals surface area (Å²) in [5, 5.41) is 9.70. The van der Waals surface area contributed by atoms with Gasteiger partial charge in [0, 0.05) is 19.8 Å². The topological polar surface area (TPSA) is 57.2 Å². The van der Waals surface area contributed by atoms with Crippen molar-refractivity contribution >= 4 is 0 Å². The molecule has 5 nitrogen and oxygen atoms in total. The van der Waals surface area contributed by atoms with Crippen molar-refractivity contribution in [3.63, 3.8) is 0 Å². The number of aliphatic hydroxyl groups is 1. The number of aliphatic hydroxyl groups excluding tert-OH is 1. The summed E-state index contributed by atoms with van der Waals surface area (Å²) in [6, 6.07) is 0. The first kappa shape index (κ1) is 13.9. The van der Waals surface area contributed by atoms with Gasteiger partial charge in [0.1, 0.15) is 18.3 Å². The van der Waals surface area contributed by atoms with Gasteiger partial charge < -0.3 is 24.1 Å². The standard InChI is InChI=1S/C11H22O5/c1-4-13-8-7-16-11(12)10(15-6-3)9(8)14-5-2/h8-12H,4-7H2,1-3H3/t8-,9+,10-,11+/m1/s1. The summed E-state index contributed by atoms with van der Waals surface area (Å²) >= 11 is 0. The van der Waals surface area contributed by atoms with Gasteiger partial charge in [-0.3, -0.25) is 0 Å². The average Bonchev–Trinajstić information content (AvgIpc) is 2.27. The molecule has 0 amide bonds. The lowest BCUT2D eigenvalue weighted by atomic mass is 10.0. The smallest absolute Gasteiger partial charge is 0.183 e. The average molecular weight is 234 g/mol. The Bertz CT molecular complexity index is 187. The normalized spacial score (nSPS) is 35.2. The molecule has 0 bridgehead atoms. The van der Waals surface area contributed by atoms with Crippen molar-refractivity contribution in [2.75, 3.05) is 26.4 Å². The van der Waals surface area contributed by atoms with E-state index in [-0.39, 0.29) is 12.2 Å². The monoisotopic (exact) mass is 234 g/mol. The second-order valence-electron chi connectivity index (χ2n) is 3.56. The van der Waals surface area contributed by atoms with Crippen LogP contribution in [0.1, 0.15) is 20.8 Å². The molecule has 4 atom stereocenters. The van der Waals surface area contributed by atoms with Crippen LogP contribution in [0.5, 0.6) is 0 Å². The zero-order valence-corrected chi connectivity index (χ0v) is 10.2. The molecule has 1 rings (SSSR count). The van der Waals surface area contributed by atoms with Crippen LogP contribution in [0.2, 0.25) is 0 Å². The van der Waals surface area contributed by atoms with Crippen molar-refractivity contribution in [2.24, 2.45) is 0 Å². The number of rotatable bonds is 6. The first-order chi connectivity index (χ1) is 7.74. The minimum absolute atomic E-state index is 0.176. The van der Waals surface area contributed by atoms with Gasteiger partial charge in [-0.1, -0.05) is 0 Å². The predicted molar refractivity (Wildman–Crippen MR) is 58.2 cm³/mol. The Morgan fingerprint density at radius 1 is 1.00 bits per heavy atom. The summed E-state index contributed by atoms with van der Waals surface area (Å²) in [6.07, 6.45) is -1.86. The van der Waals surface area contributed by atoms with Gasteiger partial charge in [0.05, 0.1) is 6.61 Å². The third-order valence-corrected chi connectivity index (χ3v) is 2.50. The van der Waals surface area contributed by atoms with E-state index in [0.29, 0.717) is 26.4 Å². The molecule has 0 aromatic carbocycles. The van der Waals surface area contributed by atoms with Gasteiger partial charge >= 0.3 is 0 Å². The van der Waals surface area contributed by atoms with Crippen molar-refractivity contribution in [1.29, 1.82) is 0 Å². The zero-order chi connectivity index (χ0) is 12.0. The zero-order valence-electron chi connectivity index (χ0n) is 10.2. The van der Waals surface area contributed by atoms with Crippen molar-refractivity contribution < 1.29 is 24.1 Å². The van der Waals surface area contributed by atoms with E-state index < -0.39 is 12.4 Å². The molecule has 1 aliphatic heterocycles. The number of hydrogen-bond acceptors (Lipinski definition) is 5. The summed E-state index contributed by atoms with van der Waals surface area (Å²) in [5.41, 5.74) is 0. The summed E-state index contributed by atoms with van der Waals surface area (Å²) in [6.45, 7) is 7.70. The highest BCUT2D eigenvalue weighted by Gasteiger charge is 2.41. The molecule has 96 valence electrons. The molecule has 0 aliphatic carbocycles. The highest BCUT2D eigenvalue weighted by atomic mass is 16.7. The molecule has 1 aliphatic rings. The van der Waals surface area contributed by atoms with E-state index in [0.717, 1.165) is 0 Å². The lowest BCUT2D eigenvalue weighted by Crippen LogP contribution is -2.56. The molecule has 16 heavy (non-hydrogen) atoms. The van der Waals surface area contributed by atoms with Gasteiger partial charge in [-0.15, -0.1) is 0 Å². The molecule has 0 saturated carbocycles. The molecule has 1 fully saturated rings. The summed E-state index contributed by atoms with van der Waals surface area (Å²) in [5.74, 6) is 0. The molecule has 0 radical (unpaired) electrons. The number of hydrogen-bond donors (Lipinski definition) is 1. The van der Waals surface area contributed by atoms with Gasteiger partial charge in [-0.2, -0.15) is 0 Å². The minimum Gasteiger partial charge on any atom is -0.373 e. The first-order valence-electron chi connectivity index (χ1n) is 5.89. The fourth-order valence-electron chi connectivity index (χ4n) is 1.88. The Morgan fingerprint density at radius 2 is 1.56 bits per heavy atom. The van der Waals surface area contributed by atoms with Crippen LogP contribution >= 0.6 is 0 Å². The summed E-state index contributed by atoms with van der Waals surface area (Å²) in [7, 11) is 0. The Labute approximate surface area is 96.6 Å². The third kappa shape index (κ3) is 3.40. The largest absolute Gasteiger partial charge is 0.373 e. The molecule has 0 aromatic rings. The fourth-order valence-corrected chi connectivity index (χ4v) is 1.88. The van der Waals surface area contributed by atoms with E-state index in [1.807, 2.05) is 20.8 Å². The molecule has 0 aromatic heterocycles. The van der Waals surface area contributed by atoms with Gasteiger partial charge in [0.25, 0.3) is 0 Å². The Balaban J connectivity index is 2.65. The number of ether oxygens (including phenoxy) is 4. The molecular weight excluding hydrogens is 212 g/mol. The van der Waals surface area contributed by atoms with Crippen molar-refractivity contribution in [2.45, 2.75) is 45.4 Å². The van der Waals surface area contributed by atoms with Gasteiger partial charge in [-0.05, 0) is 20.8 Å². The van der Waals surface area contributed by atoms with Crippen molar-refractivity contribution in [3.05, 3.63) is 0 Å². The highest BCUT2D eigenvalue weighted by molar-refractivity contribution is 4.86. The van der Waals surface area contributed by atoms with Crippen molar-refractivity contribution in [1.82, 2.24) is 0 Å². The fraction of sp³-hybridized carbons (Fsp3) is 1.00. The lowest BCUT2D eigenvalue weighted by molar-refractivity contribution is -0.278. The van der Waals surface area contributed by atoms with Crippen LogP contribution in [0.3, 0.4) is 0 Å². The molecule has 5 heteroatoms. The Morgan fingerprint density at radius 3 is 2.12 bits per heavy atom. The van der Waals surface area contributed by atoms with Crippen LogP contribution in [0.15, 0.2) is 0 Å². The van der Waals surface area contributed by atoms with Crippen molar-refractivity contribution in [3.8, 4) is 0 Å². The van der Waals surface area contributed by atoms with Crippen LogP contribution in [0, 0.1) is 0 Å². The minimum atomic E-state index is -0.937. The maximum atomic E-state index is 9.70. The van der Waals surface area contributed by atoms with E-state index in [2.05, 4.69) is 0 Å².